The molecule has 0 bridgehead atoms. The van der Waals surface area contributed by atoms with E-state index in [1.807, 2.05) is 46.7 Å². The molecule has 0 saturated carbocycles. The van der Waals surface area contributed by atoms with Gasteiger partial charge in [-0.1, -0.05) is 20.8 Å². The van der Waals surface area contributed by atoms with Crippen molar-refractivity contribution in [2.75, 3.05) is 20.6 Å². The molecule has 1 unspecified atom stereocenters. The average molecular weight is 291 g/mol. The van der Waals surface area contributed by atoms with Gasteiger partial charge >= 0.3 is 0 Å². The first-order valence-electron chi connectivity index (χ1n) is 7.08. The highest BCUT2D eigenvalue weighted by Gasteiger charge is 2.28. The topological polar surface area (TPSA) is 62.3 Å². The van der Waals surface area contributed by atoms with Gasteiger partial charge in [-0.3, -0.25) is 14.6 Å². The van der Waals surface area contributed by atoms with Crippen molar-refractivity contribution in [2.24, 2.45) is 5.41 Å². The predicted octanol–water partition coefficient (Wildman–Crippen LogP) is 1.99. The fourth-order valence-electron chi connectivity index (χ4n) is 2.02. The third kappa shape index (κ3) is 4.93. The van der Waals surface area contributed by atoms with Crippen molar-refractivity contribution in [3.63, 3.8) is 0 Å². The van der Waals surface area contributed by atoms with E-state index in [1.165, 1.54) is 0 Å². The summed E-state index contributed by atoms with van der Waals surface area (Å²) in [5, 5.41) is 2.90. The summed E-state index contributed by atoms with van der Waals surface area (Å²) in [6, 6.07) is 3.31. The summed E-state index contributed by atoms with van der Waals surface area (Å²) < 4.78 is 0. The van der Waals surface area contributed by atoms with Crippen LogP contribution in [0.3, 0.4) is 0 Å². The molecule has 1 atom stereocenters. The number of nitrogens with zero attached hydrogens (tertiary/aromatic N) is 2. The summed E-state index contributed by atoms with van der Waals surface area (Å²) in [5.41, 5.74) is 0.00104. The van der Waals surface area contributed by atoms with E-state index in [4.69, 9.17) is 0 Å². The van der Waals surface area contributed by atoms with Crippen LogP contribution in [0.1, 0.15) is 48.5 Å². The number of hydrogen-bond donors (Lipinski definition) is 1. The van der Waals surface area contributed by atoms with Gasteiger partial charge in [-0.05, 0) is 33.2 Å². The van der Waals surface area contributed by atoms with E-state index in [2.05, 4.69) is 10.3 Å². The Labute approximate surface area is 126 Å². The van der Waals surface area contributed by atoms with Crippen molar-refractivity contribution in [3.8, 4) is 0 Å². The fourth-order valence-corrected chi connectivity index (χ4v) is 2.02. The Kier molecular flexibility index (Phi) is 5.61. The number of pyridine rings is 1. The van der Waals surface area contributed by atoms with E-state index < -0.39 is 5.41 Å². The average Bonchev–Trinajstić information content (AvgIpc) is 2.35. The summed E-state index contributed by atoms with van der Waals surface area (Å²) in [5.74, 6) is -0.390. The molecular weight excluding hydrogens is 266 g/mol. The molecule has 116 valence electrons. The van der Waals surface area contributed by atoms with Crippen LogP contribution in [0.15, 0.2) is 18.3 Å². The number of carbonyl (C=O) groups excluding carboxylic acids is 2. The van der Waals surface area contributed by atoms with Crippen LogP contribution in [0.2, 0.25) is 0 Å². The van der Waals surface area contributed by atoms with Gasteiger partial charge in [-0.2, -0.15) is 0 Å². The second kappa shape index (κ2) is 6.80. The number of ketones is 1. The van der Waals surface area contributed by atoms with Crippen LogP contribution in [0.5, 0.6) is 0 Å². The molecule has 1 heterocycles. The largest absolute Gasteiger partial charge is 0.348 e. The lowest BCUT2D eigenvalue weighted by molar-refractivity contribution is 0.0839. The molecular formula is C16H25N3O2. The van der Waals surface area contributed by atoms with Gasteiger partial charge in [0.1, 0.15) is 5.69 Å². The van der Waals surface area contributed by atoms with Crippen LogP contribution in [0, 0.1) is 5.41 Å². The van der Waals surface area contributed by atoms with Crippen molar-refractivity contribution in [1.29, 1.82) is 0 Å². The molecule has 0 saturated heterocycles. The number of hydrogen-bond acceptors (Lipinski definition) is 4. The molecule has 1 aromatic rings. The zero-order chi connectivity index (χ0) is 16.2. The number of amides is 1. The van der Waals surface area contributed by atoms with E-state index in [0.717, 1.165) is 6.54 Å². The van der Waals surface area contributed by atoms with E-state index in [1.54, 1.807) is 18.3 Å². The molecule has 1 amide bonds. The lowest BCUT2D eigenvalue weighted by Gasteiger charge is -2.20. The Morgan fingerprint density at radius 2 is 1.95 bits per heavy atom. The number of rotatable bonds is 5. The second-order valence-electron chi connectivity index (χ2n) is 6.62. The Balaban J connectivity index is 2.98. The van der Waals surface area contributed by atoms with Crippen molar-refractivity contribution in [2.45, 2.75) is 33.7 Å². The predicted molar refractivity (Wildman–Crippen MR) is 83.5 cm³/mol. The SMILES string of the molecule is CC(CN(C)C)NC(=O)c1cccnc1C(=O)C(C)(C)C. The molecule has 5 nitrogen and oxygen atoms in total. The third-order valence-electron chi connectivity index (χ3n) is 2.97. The molecule has 0 fully saturated rings. The van der Waals surface area contributed by atoms with E-state index in [9.17, 15) is 9.59 Å². The van der Waals surface area contributed by atoms with Gasteiger partial charge in [-0.25, -0.2) is 0 Å². The minimum atomic E-state index is -0.571. The minimum Gasteiger partial charge on any atom is -0.348 e. The number of Topliss-reactive ketones (excluding diaryl/α,β-unsaturated/α-hetero) is 1. The molecule has 1 aromatic heterocycles. The molecule has 0 aliphatic rings. The van der Waals surface area contributed by atoms with E-state index >= 15 is 0 Å². The van der Waals surface area contributed by atoms with Crippen LogP contribution >= 0.6 is 0 Å². The highest BCUT2D eigenvalue weighted by atomic mass is 16.2. The zero-order valence-electron chi connectivity index (χ0n) is 13.7. The molecule has 0 spiro atoms. The maximum atomic E-state index is 12.4. The van der Waals surface area contributed by atoms with Gasteiger partial charge in [0.25, 0.3) is 5.91 Å². The number of nitrogens with one attached hydrogen (secondary N) is 1. The van der Waals surface area contributed by atoms with Crippen LogP contribution in [0.25, 0.3) is 0 Å². The molecule has 0 aliphatic heterocycles. The third-order valence-corrected chi connectivity index (χ3v) is 2.97. The molecule has 1 N–H and O–H groups in total. The first-order chi connectivity index (χ1) is 9.62. The number of carbonyl (C=O) groups is 2. The number of likely N-dealkylation sites (N-methyl/N-ethyl adjacent to an activating group) is 1. The summed E-state index contributed by atoms with van der Waals surface area (Å²) in [4.78, 5) is 30.9. The smallest absolute Gasteiger partial charge is 0.253 e. The van der Waals surface area contributed by atoms with Crippen LogP contribution in [-0.4, -0.2) is 48.3 Å². The Bertz CT molecular complexity index is 518. The summed E-state index contributed by atoms with van der Waals surface area (Å²) >= 11 is 0. The van der Waals surface area contributed by atoms with Crippen molar-refractivity contribution >= 4 is 11.7 Å². The minimum absolute atomic E-state index is 0.00899. The Morgan fingerprint density at radius 3 is 2.48 bits per heavy atom. The van der Waals surface area contributed by atoms with Gasteiger partial charge in [0.2, 0.25) is 0 Å². The van der Waals surface area contributed by atoms with Gasteiger partial charge < -0.3 is 10.2 Å². The van der Waals surface area contributed by atoms with Crippen LogP contribution in [-0.2, 0) is 0 Å². The summed E-state index contributed by atoms with van der Waals surface area (Å²) in [6.07, 6.45) is 1.54. The van der Waals surface area contributed by atoms with Gasteiger partial charge in [-0.15, -0.1) is 0 Å². The standard InChI is InChI=1S/C16H25N3O2/c1-11(10-19(5)6)18-15(21)12-8-7-9-17-13(12)14(20)16(2,3)4/h7-9,11H,10H2,1-6H3,(H,18,21). The maximum Gasteiger partial charge on any atom is 0.253 e. The van der Waals surface area contributed by atoms with E-state index in [-0.39, 0.29) is 23.4 Å². The lowest BCUT2D eigenvalue weighted by atomic mass is 9.87. The normalized spacial score (nSPS) is 13.1. The van der Waals surface area contributed by atoms with Crippen molar-refractivity contribution < 1.29 is 9.59 Å². The van der Waals surface area contributed by atoms with Crippen molar-refractivity contribution in [3.05, 3.63) is 29.6 Å². The Morgan fingerprint density at radius 1 is 1.33 bits per heavy atom. The first-order valence-corrected chi connectivity index (χ1v) is 7.08. The maximum absolute atomic E-state index is 12.4. The van der Waals surface area contributed by atoms with E-state index in [0.29, 0.717) is 5.56 Å². The molecule has 1 rings (SSSR count). The number of aromatic nitrogens is 1. The monoisotopic (exact) mass is 291 g/mol. The Hall–Kier alpha value is -1.75. The molecule has 0 aliphatic carbocycles. The molecule has 0 radical (unpaired) electrons. The molecule has 5 heteroatoms. The second-order valence-corrected chi connectivity index (χ2v) is 6.62. The zero-order valence-corrected chi connectivity index (χ0v) is 13.7. The molecule has 0 aromatic carbocycles. The lowest BCUT2D eigenvalue weighted by Crippen LogP contribution is -2.40. The van der Waals surface area contributed by atoms with Gasteiger partial charge in [0, 0.05) is 24.2 Å². The highest BCUT2D eigenvalue weighted by molar-refractivity contribution is 6.08. The summed E-state index contributed by atoms with van der Waals surface area (Å²) in [7, 11) is 3.89. The summed E-state index contributed by atoms with van der Waals surface area (Å²) in [6.45, 7) is 8.12. The van der Waals surface area contributed by atoms with Crippen LogP contribution < -0.4 is 5.32 Å². The van der Waals surface area contributed by atoms with Crippen molar-refractivity contribution in [1.82, 2.24) is 15.2 Å². The molecule has 21 heavy (non-hydrogen) atoms. The quantitative estimate of drug-likeness (QED) is 0.843. The highest BCUT2D eigenvalue weighted by Crippen LogP contribution is 2.21. The van der Waals surface area contributed by atoms with Gasteiger partial charge in [0.15, 0.2) is 5.78 Å². The fraction of sp³-hybridized carbons (Fsp3) is 0.562. The first kappa shape index (κ1) is 17.3. The van der Waals surface area contributed by atoms with Gasteiger partial charge in [0.05, 0.1) is 5.56 Å². The van der Waals surface area contributed by atoms with Crippen LogP contribution in [0.4, 0.5) is 0 Å².